The van der Waals surface area contributed by atoms with Gasteiger partial charge in [-0.1, -0.05) is 42.5 Å². The minimum absolute atomic E-state index is 0.607. The lowest BCUT2D eigenvalue weighted by atomic mass is 10.2. The molecular weight excluding hydrogens is 236 g/mol. The lowest BCUT2D eigenvalue weighted by Gasteiger charge is -2.12. The Morgan fingerprint density at radius 2 is 1.58 bits per heavy atom. The smallest absolute Gasteiger partial charge is 0.119 e. The molecule has 0 aliphatic rings. The van der Waals surface area contributed by atoms with Gasteiger partial charge in [-0.15, -0.1) is 0 Å². The summed E-state index contributed by atoms with van der Waals surface area (Å²) in [6.45, 7) is 1.43. The predicted molar refractivity (Wildman–Crippen MR) is 77.7 cm³/mol. The van der Waals surface area contributed by atoms with Crippen LogP contribution in [0.3, 0.4) is 0 Å². The van der Waals surface area contributed by atoms with E-state index in [2.05, 4.69) is 29.7 Å². The first-order valence-electron chi connectivity index (χ1n) is 6.40. The normalized spacial score (nSPS) is 10.7. The molecule has 0 spiro atoms. The highest BCUT2D eigenvalue weighted by Gasteiger charge is 1.97. The number of rotatable bonds is 6. The maximum Gasteiger partial charge on any atom is 0.119 e. The van der Waals surface area contributed by atoms with E-state index in [0.29, 0.717) is 6.61 Å². The molecule has 0 saturated carbocycles. The average molecular weight is 256 g/mol. The molecule has 0 unspecified atom stereocenters. The molecule has 0 fully saturated rings. The van der Waals surface area contributed by atoms with Crippen molar-refractivity contribution in [3.8, 4) is 5.75 Å². The van der Waals surface area contributed by atoms with E-state index in [0.717, 1.165) is 12.3 Å². The summed E-state index contributed by atoms with van der Waals surface area (Å²) in [5, 5.41) is 1.94. The van der Waals surface area contributed by atoms with Crippen molar-refractivity contribution < 1.29 is 4.74 Å². The minimum Gasteiger partial charge on any atom is -0.489 e. The van der Waals surface area contributed by atoms with Crippen molar-refractivity contribution in [2.45, 2.75) is 13.2 Å². The van der Waals surface area contributed by atoms with E-state index < -0.39 is 0 Å². The molecule has 0 radical (unpaired) electrons. The molecule has 1 N–H and O–H groups in total. The van der Waals surface area contributed by atoms with Gasteiger partial charge in [-0.05, 0) is 23.3 Å². The molecule has 2 aromatic rings. The number of nitrogens with zero attached hydrogens (tertiary/aromatic N) is 1. The summed E-state index contributed by atoms with van der Waals surface area (Å²) in [4.78, 5) is 0. The van der Waals surface area contributed by atoms with Crippen LogP contribution in [0.1, 0.15) is 11.1 Å². The molecule has 3 nitrogen and oxygen atoms in total. The highest BCUT2D eigenvalue weighted by atomic mass is 16.5. The fourth-order valence-electron chi connectivity index (χ4n) is 1.69. The monoisotopic (exact) mass is 256 g/mol. The summed E-state index contributed by atoms with van der Waals surface area (Å²) in [6.07, 6.45) is 0. The van der Waals surface area contributed by atoms with Crippen LogP contribution in [0.15, 0.2) is 54.6 Å². The Bertz CT molecular complexity index is 480. The van der Waals surface area contributed by atoms with Gasteiger partial charge in [0.15, 0.2) is 0 Å². The molecular formula is C16H20N2O. The van der Waals surface area contributed by atoms with Crippen LogP contribution >= 0.6 is 0 Å². The summed E-state index contributed by atoms with van der Waals surface area (Å²) in [5.41, 5.74) is 5.65. The van der Waals surface area contributed by atoms with Gasteiger partial charge in [0.25, 0.3) is 0 Å². The highest BCUT2D eigenvalue weighted by molar-refractivity contribution is 5.27. The Labute approximate surface area is 114 Å². The zero-order valence-corrected chi connectivity index (χ0v) is 11.5. The molecule has 100 valence electrons. The van der Waals surface area contributed by atoms with Gasteiger partial charge in [-0.25, -0.2) is 0 Å². The lowest BCUT2D eigenvalue weighted by Crippen LogP contribution is -2.29. The van der Waals surface area contributed by atoms with Crippen molar-refractivity contribution in [1.29, 1.82) is 0 Å². The Balaban J connectivity index is 1.85. The van der Waals surface area contributed by atoms with E-state index in [1.807, 2.05) is 49.4 Å². The van der Waals surface area contributed by atoms with E-state index in [9.17, 15) is 0 Å². The van der Waals surface area contributed by atoms with Crippen molar-refractivity contribution in [1.82, 2.24) is 10.4 Å². The number of hydrogen-bond donors (Lipinski definition) is 1. The second-order valence-electron chi connectivity index (χ2n) is 4.65. The molecule has 0 heterocycles. The molecule has 19 heavy (non-hydrogen) atoms. The van der Waals surface area contributed by atoms with Gasteiger partial charge >= 0.3 is 0 Å². The van der Waals surface area contributed by atoms with Crippen LogP contribution in [0, 0.1) is 0 Å². The van der Waals surface area contributed by atoms with Crippen LogP contribution in [0.4, 0.5) is 0 Å². The number of hydrazine groups is 1. The number of benzene rings is 2. The van der Waals surface area contributed by atoms with Crippen molar-refractivity contribution in [2.75, 3.05) is 14.1 Å². The highest BCUT2D eigenvalue weighted by Crippen LogP contribution is 2.14. The summed E-state index contributed by atoms with van der Waals surface area (Å²) < 4.78 is 5.74. The van der Waals surface area contributed by atoms with Crippen molar-refractivity contribution >= 4 is 0 Å². The Morgan fingerprint density at radius 1 is 0.895 bits per heavy atom. The first kappa shape index (κ1) is 13.6. The van der Waals surface area contributed by atoms with Crippen molar-refractivity contribution in [3.63, 3.8) is 0 Å². The average Bonchev–Trinajstić information content (AvgIpc) is 2.45. The van der Waals surface area contributed by atoms with Gasteiger partial charge in [-0.2, -0.15) is 0 Å². The fourth-order valence-corrected chi connectivity index (χ4v) is 1.69. The largest absolute Gasteiger partial charge is 0.489 e. The maximum atomic E-state index is 5.74. The van der Waals surface area contributed by atoms with Crippen LogP contribution in [0.5, 0.6) is 5.75 Å². The van der Waals surface area contributed by atoms with Gasteiger partial charge in [0.1, 0.15) is 12.4 Å². The first-order valence-corrected chi connectivity index (χ1v) is 6.40. The topological polar surface area (TPSA) is 24.5 Å². The second-order valence-corrected chi connectivity index (χ2v) is 4.65. The van der Waals surface area contributed by atoms with E-state index in [-0.39, 0.29) is 0 Å². The third-order valence-electron chi connectivity index (χ3n) is 2.77. The van der Waals surface area contributed by atoms with E-state index in [1.54, 1.807) is 0 Å². The van der Waals surface area contributed by atoms with Gasteiger partial charge in [0.05, 0.1) is 0 Å². The molecule has 0 atom stereocenters. The zero-order valence-electron chi connectivity index (χ0n) is 11.5. The first-order chi connectivity index (χ1) is 9.24. The molecule has 0 aliphatic carbocycles. The van der Waals surface area contributed by atoms with Crippen LogP contribution in [0.2, 0.25) is 0 Å². The van der Waals surface area contributed by atoms with E-state index >= 15 is 0 Å². The predicted octanol–water partition coefficient (Wildman–Crippen LogP) is 2.83. The van der Waals surface area contributed by atoms with E-state index in [4.69, 9.17) is 4.74 Å². The minimum atomic E-state index is 0.607. The molecule has 2 rings (SSSR count). The molecule has 2 aromatic carbocycles. The third kappa shape index (κ3) is 4.73. The van der Waals surface area contributed by atoms with Gasteiger partial charge in [-0.3, -0.25) is 10.4 Å². The summed E-state index contributed by atoms with van der Waals surface area (Å²) >= 11 is 0. The standard InChI is InChI=1S/C16H20N2O/c1-18(2)17-12-14-8-10-16(11-9-14)19-13-15-6-4-3-5-7-15/h3-11,17H,12-13H2,1-2H3. The molecule has 3 heteroatoms. The summed E-state index contributed by atoms with van der Waals surface area (Å²) in [5.74, 6) is 0.900. The van der Waals surface area contributed by atoms with Crippen LogP contribution < -0.4 is 10.2 Å². The second kappa shape index (κ2) is 6.92. The summed E-state index contributed by atoms with van der Waals surface area (Å²) in [7, 11) is 3.97. The maximum absolute atomic E-state index is 5.74. The number of nitrogens with one attached hydrogen (secondary N) is 1. The molecule has 0 bridgehead atoms. The van der Waals surface area contributed by atoms with Crippen molar-refractivity contribution in [2.24, 2.45) is 0 Å². The SMILES string of the molecule is CN(C)NCc1ccc(OCc2ccccc2)cc1. The fraction of sp³-hybridized carbons (Fsp3) is 0.250. The third-order valence-corrected chi connectivity index (χ3v) is 2.77. The number of ether oxygens (including phenoxy) is 1. The Hall–Kier alpha value is -1.84. The van der Waals surface area contributed by atoms with Crippen LogP contribution in [-0.2, 0) is 13.2 Å². The van der Waals surface area contributed by atoms with E-state index in [1.165, 1.54) is 11.1 Å². The number of hydrogen-bond acceptors (Lipinski definition) is 3. The Kier molecular flexibility index (Phi) is 4.95. The molecule has 0 amide bonds. The van der Waals surface area contributed by atoms with Gasteiger partial charge in [0, 0.05) is 20.6 Å². The molecule has 0 saturated heterocycles. The van der Waals surface area contributed by atoms with Crippen molar-refractivity contribution in [3.05, 3.63) is 65.7 Å². The van der Waals surface area contributed by atoms with Gasteiger partial charge < -0.3 is 4.74 Å². The van der Waals surface area contributed by atoms with Gasteiger partial charge in [0.2, 0.25) is 0 Å². The molecule has 0 aromatic heterocycles. The summed E-state index contributed by atoms with van der Waals surface area (Å²) in [6, 6.07) is 18.4. The lowest BCUT2D eigenvalue weighted by molar-refractivity contribution is 0.285. The molecule has 0 aliphatic heterocycles. The van der Waals surface area contributed by atoms with Crippen LogP contribution in [-0.4, -0.2) is 19.1 Å². The Morgan fingerprint density at radius 3 is 2.21 bits per heavy atom. The zero-order chi connectivity index (χ0) is 13.5. The quantitative estimate of drug-likeness (QED) is 0.804. The van der Waals surface area contributed by atoms with Crippen LogP contribution in [0.25, 0.3) is 0 Å².